The number of aromatic nitrogens is 4. The number of fused-ring (bicyclic) bond motifs is 3. The zero-order valence-electron chi connectivity index (χ0n) is 28.6. The summed E-state index contributed by atoms with van der Waals surface area (Å²) in [7, 11) is 0. The molecule has 0 atom stereocenters. The summed E-state index contributed by atoms with van der Waals surface area (Å²) in [5, 5.41) is 21.5. The van der Waals surface area contributed by atoms with Gasteiger partial charge < -0.3 is 4.57 Å². The third-order valence-corrected chi connectivity index (χ3v) is 9.53. The maximum absolute atomic E-state index is 14.9. The number of hydrogen-bond acceptors (Lipinski definition) is 5. The average molecular weight is 695 g/mol. The lowest BCUT2D eigenvalue weighted by Crippen LogP contribution is -2.02. The van der Waals surface area contributed by atoms with Gasteiger partial charge in [0, 0.05) is 33.0 Å². The fourth-order valence-electron chi connectivity index (χ4n) is 7.03. The van der Waals surface area contributed by atoms with Gasteiger partial charge in [-0.05, 0) is 65.2 Å². The van der Waals surface area contributed by atoms with Crippen LogP contribution in [-0.4, -0.2) is 19.5 Å². The standard InChI is InChI=1S/C47H27FN6/c48-38-15-9-14-35(25-38)39-20-19-36(47-52-45(32-10-3-1-4-11-32)51-46(53-47)33-12-5-2-6-13-33)27-43(39)54-42-17-8-7-16-40(42)41-21-18-34(26-44(41)54)37-23-30(28-49)22-31(24-37)29-50/h1-27H. The van der Waals surface area contributed by atoms with Crippen LogP contribution in [0.15, 0.2) is 164 Å². The van der Waals surface area contributed by atoms with E-state index in [4.69, 9.17) is 15.0 Å². The summed E-state index contributed by atoms with van der Waals surface area (Å²) < 4.78 is 17.1. The van der Waals surface area contributed by atoms with Crippen LogP contribution in [0.25, 0.3) is 83.9 Å². The van der Waals surface area contributed by atoms with E-state index in [1.54, 1.807) is 30.3 Å². The first kappa shape index (κ1) is 32.2. The number of para-hydroxylation sites is 1. The van der Waals surface area contributed by atoms with Gasteiger partial charge >= 0.3 is 0 Å². The number of nitrogens with zero attached hydrogens (tertiary/aromatic N) is 6. The fraction of sp³-hybridized carbons (Fsp3) is 0. The van der Waals surface area contributed by atoms with Crippen molar-refractivity contribution >= 4 is 21.8 Å². The second-order valence-corrected chi connectivity index (χ2v) is 12.9. The Morgan fingerprint density at radius 2 is 1.00 bits per heavy atom. The molecule has 0 bridgehead atoms. The van der Waals surface area contributed by atoms with E-state index in [0.29, 0.717) is 34.2 Å². The van der Waals surface area contributed by atoms with E-state index < -0.39 is 0 Å². The lowest BCUT2D eigenvalue weighted by atomic mass is 9.99. The van der Waals surface area contributed by atoms with Gasteiger partial charge in [-0.25, -0.2) is 19.3 Å². The highest BCUT2D eigenvalue weighted by Gasteiger charge is 2.20. The van der Waals surface area contributed by atoms with Gasteiger partial charge in [-0.1, -0.05) is 115 Å². The Bertz CT molecular complexity index is 2880. The molecule has 6 nitrogen and oxygen atoms in total. The Hall–Kier alpha value is -7.74. The molecule has 7 heteroatoms. The summed E-state index contributed by atoms with van der Waals surface area (Å²) in [5.74, 6) is 1.25. The maximum Gasteiger partial charge on any atom is 0.164 e. The van der Waals surface area contributed by atoms with E-state index in [2.05, 4.69) is 47.0 Å². The topological polar surface area (TPSA) is 91.2 Å². The van der Waals surface area contributed by atoms with Crippen LogP contribution in [0, 0.1) is 28.5 Å². The second kappa shape index (κ2) is 13.4. The minimum atomic E-state index is -0.338. The number of nitriles is 2. The molecule has 252 valence electrons. The van der Waals surface area contributed by atoms with Gasteiger partial charge in [0.25, 0.3) is 0 Å². The molecule has 0 saturated carbocycles. The van der Waals surface area contributed by atoms with Crippen LogP contribution in [0.1, 0.15) is 11.1 Å². The first-order chi connectivity index (χ1) is 26.6. The maximum atomic E-state index is 14.9. The van der Waals surface area contributed by atoms with Gasteiger partial charge in [-0.15, -0.1) is 0 Å². The molecule has 9 rings (SSSR count). The summed E-state index contributed by atoms with van der Waals surface area (Å²) >= 11 is 0. The van der Waals surface area contributed by atoms with Crippen molar-refractivity contribution in [2.24, 2.45) is 0 Å². The first-order valence-corrected chi connectivity index (χ1v) is 17.3. The largest absolute Gasteiger partial charge is 0.309 e. The Morgan fingerprint density at radius 1 is 0.426 bits per heavy atom. The zero-order chi connectivity index (χ0) is 36.6. The molecular formula is C47H27FN6. The summed E-state index contributed by atoms with van der Waals surface area (Å²) in [6.07, 6.45) is 0. The van der Waals surface area contributed by atoms with Crippen molar-refractivity contribution in [1.82, 2.24) is 19.5 Å². The first-order valence-electron chi connectivity index (χ1n) is 17.3. The molecule has 9 aromatic rings. The molecule has 0 unspecified atom stereocenters. The quantitative estimate of drug-likeness (QED) is 0.173. The summed E-state index contributed by atoms with van der Waals surface area (Å²) in [5.41, 5.74) is 9.09. The third kappa shape index (κ3) is 5.82. The zero-order valence-corrected chi connectivity index (χ0v) is 28.6. The molecule has 7 aromatic carbocycles. The normalized spacial score (nSPS) is 11.0. The third-order valence-electron chi connectivity index (χ3n) is 9.53. The molecule has 54 heavy (non-hydrogen) atoms. The van der Waals surface area contributed by atoms with Gasteiger partial charge in [0.2, 0.25) is 0 Å². The molecule has 0 amide bonds. The van der Waals surface area contributed by atoms with Crippen molar-refractivity contribution in [3.63, 3.8) is 0 Å². The predicted molar refractivity (Wildman–Crippen MR) is 211 cm³/mol. The van der Waals surface area contributed by atoms with Gasteiger partial charge in [0.15, 0.2) is 17.5 Å². The molecule has 0 saturated heterocycles. The van der Waals surface area contributed by atoms with Crippen molar-refractivity contribution < 1.29 is 4.39 Å². The van der Waals surface area contributed by atoms with E-state index >= 15 is 0 Å². The van der Waals surface area contributed by atoms with Crippen molar-refractivity contribution in [2.45, 2.75) is 0 Å². The average Bonchev–Trinajstić information content (AvgIpc) is 3.57. The molecule has 0 spiro atoms. The Balaban J connectivity index is 1.33. The van der Waals surface area contributed by atoms with Crippen LogP contribution in [0.3, 0.4) is 0 Å². The fourth-order valence-corrected chi connectivity index (χ4v) is 7.03. The highest BCUT2D eigenvalue weighted by atomic mass is 19.1. The smallest absolute Gasteiger partial charge is 0.164 e. The second-order valence-electron chi connectivity index (χ2n) is 12.9. The highest BCUT2D eigenvalue weighted by molar-refractivity contribution is 6.11. The Morgan fingerprint density at radius 3 is 1.65 bits per heavy atom. The summed E-state index contributed by atoms with van der Waals surface area (Å²) in [6.45, 7) is 0. The van der Waals surface area contributed by atoms with Crippen LogP contribution < -0.4 is 0 Å². The minimum Gasteiger partial charge on any atom is -0.309 e. The highest BCUT2D eigenvalue weighted by Crippen LogP contribution is 2.40. The number of hydrogen-bond donors (Lipinski definition) is 0. The number of halogens is 1. The predicted octanol–water partition coefficient (Wildman–Crippen LogP) is 11.2. The monoisotopic (exact) mass is 694 g/mol. The lowest BCUT2D eigenvalue weighted by molar-refractivity contribution is 0.628. The SMILES string of the molecule is N#Cc1cc(C#N)cc(-c2ccc3c4ccccc4n(-c4cc(-c5nc(-c6ccccc6)nc(-c6ccccc6)n5)ccc4-c4cccc(F)c4)c3c2)c1. The van der Waals surface area contributed by atoms with Crippen LogP contribution >= 0.6 is 0 Å². The molecule has 0 aliphatic rings. The van der Waals surface area contributed by atoms with Crippen molar-refractivity contribution in [3.8, 4) is 74.2 Å². The van der Waals surface area contributed by atoms with Crippen LogP contribution in [0.4, 0.5) is 4.39 Å². The minimum absolute atomic E-state index is 0.338. The molecule has 2 heterocycles. The van der Waals surface area contributed by atoms with E-state index in [9.17, 15) is 14.9 Å². The molecule has 0 aliphatic carbocycles. The van der Waals surface area contributed by atoms with E-state index in [-0.39, 0.29) is 5.82 Å². The van der Waals surface area contributed by atoms with E-state index in [0.717, 1.165) is 60.9 Å². The molecule has 2 aromatic heterocycles. The summed E-state index contributed by atoms with van der Waals surface area (Å²) in [4.78, 5) is 14.9. The Labute approximate surface area is 310 Å². The van der Waals surface area contributed by atoms with Gasteiger partial charge in [0.1, 0.15) is 5.82 Å². The van der Waals surface area contributed by atoms with Crippen molar-refractivity contribution in [2.75, 3.05) is 0 Å². The molecule has 0 N–H and O–H groups in total. The molecule has 0 fully saturated rings. The lowest BCUT2D eigenvalue weighted by Gasteiger charge is -2.17. The van der Waals surface area contributed by atoms with E-state index in [1.807, 2.05) is 97.1 Å². The van der Waals surface area contributed by atoms with Gasteiger partial charge in [0.05, 0.1) is 40.0 Å². The molecule has 0 radical (unpaired) electrons. The Kier molecular flexibility index (Phi) is 8.00. The van der Waals surface area contributed by atoms with Crippen LogP contribution in [0.5, 0.6) is 0 Å². The van der Waals surface area contributed by atoms with Crippen molar-refractivity contribution in [1.29, 1.82) is 10.5 Å². The van der Waals surface area contributed by atoms with Crippen LogP contribution in [-0.2, 0) is 0 Å². The van der Waals surface area contributed by atoms with Gasteiger partial charge in [-0.2, -0.15) is 10.5 Å². The van der Waals surface area contributed by atoms with Crippen LogP contribution in [0.2, 0.25) is 0 Å². The number of rotatable bonds is 6. The van der Waals surface area contributed by atoms with E-state index in [1.165, 1.54) is 6.07 Å². The summed E-state index contributed by atoms with van der Waals surface area (Å²) in [6, 6.07) is 56.2. The van der Waals surface area contributed by atoms with Crippen molar-refractivity contribution in [3.05, 3.63) is 181 Å². The molecular weight excluding hydrogens is 668 g/mol. The number of benzene rings is 7. The molecule has 0 aliphatic heterocycles. The van der Waals surface area contributed by atoms with Gasteiger partial charge in [-0.3, -0.25) is 0 Å².